The first kappa shape index (κ1) is 24.8. The van der Waals surface area contributed by atoms with Gasteiger partial charge < -0.3 is 25.6 Å². The fraction of sp³-hybridized carbons (Fsp3) is 0.296. The largest absolute Gasteiger partial charge is 0.491 e. The van der Waals surface area contributed by atoms with E-state index in [0.29, 0.717) is 35.1 Å². The lowest BCUT2D eigenvalue weighted by Gasteiger charge is -2.46. The summed E-state index contributed by atoms with van der Waals surface area (Å²) in [5, 5.41) is 29.1. The molecule has 1 fully saturated rings. The average Bonchev–Trinajstić information content (AvgIpc) is 2.89. The monoisotopic (exact) mass is 492 g/mol. The smallest absolute Gasteiger partial charge is 0.121 e. The fourth-order valence-electron chi connectivity index (χ4n) is 4.60. The summed E-state index contributed by atoms with van der Waals surface area (Å²) < 4.78 is 5.51. The molecule has 3 aromatic carbocycles. The van der Waals surface area contributed by atoms with Gasteiger partial charge in [-0.05, 0) is 47.5 Å². The van der Waals surface area contributed by atoms with E-state index < -0.39 is 0 Å². The van der Waals surface area contributed by atoms with Gasteiger partial charge >= 0.3 is 0 Å². The standard InChI is InChI=1S/C27H29ClN4O3/c28-22-7-5-20(6-8-22)26-17-31(27(18-34)21-3-1-19(16-29)2-4-21)11-12-32(26)25-10-9-23(15-24(25)30)35-14-13-33/h1-10,15,26-27,33-34H,11-14,17-18,30H2/t26-,27+/m0/s1. The number of nitrogens with zero attached hydrogens (tertiary/aromatic N) is 3. The third-order valence-electron chi connectivity index (χ3n) is 6.37. The average molecular weight is 493 g/mol. The second kappa shape index (κ2) is 11.4. The summed E-state index contributed by atoms with van der Waals surface area (Å²) in [6.07, 6.45) is 0. The number of aliphatic hydroxyl groups excluding tert-OH is 2. The van der Waals surface area contributed by atoms with E-state index in [2.05, 4.69) is 15.9 Å². The molecule has 0 unspecified atom stereocenters. The number of hydrogen-bond donors (Lipinski definition) is 3. The Morgan fingerprint density at radius 2 is 1.80 bits per heavy atom. The lowest BCUT2D eigenvalue weighted by Crippen LogP contribution is -2.50. The van der Waals surface area contributed by atoms with Crippen LogP contribution in [0.3, 0.4) is 0 Å². The van der Waals surface area contributed by atoms with Crippen molar-refractivity contribution in [1.82, 2.24) is 4.90 Å². The van der Waals surface area contributed by atoms with Gasteiger partial charge in [0.2, 0.25) is 0 Å². The summed E-state index contributed by atoms with van der Waals surface area (Å²) in [4.78, 5) is 4.55. The Kier molecular flexibility index (Phi) is 8.11. The summed E-state index contributed by atoms with van der Waals surface area (Å²) in [5.74, 6) is 0.614. The highest BCUT2D eigenvalue weighted by atomic mass is 35.5. The molecule has 1 saturated heterocycles. The van der Waals surface area contributed by atoms with Crippen molar-refractivity contribution in [3.63, 3.8) is 0 Å². The van der Waals surface area contributed by atoms with Crippen molar-refractivity contribution in [3.05, 3.63) is 88.4 Å². The third-order valence-corrected chi connectivity index (χ3v) is 6.63. The third kappa shape index (κ3) is 5.69. The first-order valence-electron chi connectivity index (χ1n) is 11.5. The number of benzene rings is 3. The zero-order chi connectivity index (χ0) is 24.8. The van der Waals surface area contributed by atoms with Crippen molar-refractivity contribution in [1.29, 1.82) is 5.26 Å². The van der Waals surface area contributed by atoms with Gasteiger partial charge in [-0.15, -0.1) is 0 Å². The SMILES string of the molecule is N#Cc1ccc([C@@H](CO)N2CCN(c3ccc(OCCO)cc3N)[C@H](c3ccc(Cl)cc3)C2)cc1. The molecule has 4 rings (SSSR count). The van der Waals surface area contributed by atoms with Crippen LogP contribution in [0.2, 0.25) is 5.02 Å². The first-order valence-corrected chi connectivity index (χ1v) is 11.9. The van der Waals surface area contributed by atoms with Crippen molar-refractivity contribution in [2.45, 2.75) is 12.1 Å². The van der Waals surface area contributed by atoms with Crippen LogP contribution in [0, 0.1) is 11.3 Å². The molecule has 1 aliphatic rings. The maximum atomic E-state index is 10.3. The zero-order valence-corrected chi connectivity index (χ0v) is 20.1. The molecule has 1 heterocycles. The molecule has 0 saturated carbocycles. The number of rotatable bonds is 8. The summed E-state index contributed by atoms with van der Waals surface area (Å²) in [6, 6.07) is 22.7. The van der Waals surface area contributed by atoms with Crippen LogP contribution in [-0.4, -0.2) is 54.6 Å². The molecule has 8 heteroatoms. The Morgan fingerprint density at radius 3 is 2.43 bits per heavy atom. The van der Waals surface area contributed by atoms with Crippen molar-refractivity contribution >= 4 is 23.0 Å². The molecule has 4 N–H and O–H groups in total. The molecule has 0 aromatic heterocycles. The summed E-state index contributed by atoms with van der Waals surface area (Å²) in [6.45, 7) is 2.20. The Balaban J connectivity index is 1.64. The fourth-order valence-corrected chi connectivity index (χ4v) is 4.73. The molecule has 0 radical (unpaired) electrons. The molecule has 2 atom stereocenters. The number of hydrogen-bond acceptors (Lipinski definition) is 7. The van der Waals surface area contributed by atoms with E-state index in [0.717, 1.165) is 23.4 Å². The Bertz CT molecular complexity index is 1160. The zero-order valence-electron chi connectivity index (χ0n) is 19.3. The Labute approximate surface area is 210 Å². The molecule has 35 heavy (non-hydrogen) atoms. The second-order valence-electron chi connectivity index (χ2n) is 8.48. The van der Waals surface area contributed by atoms with E-state index in [9.17, 15) is 5.11 Å². The van der Waals surface area contributed by atoms with E-state index in [-0.39, 0.29) is 31.9 Å². The van der Waals surface area contributed by atoms with E-state index >= 15 is 0 Å². The Hall–Kier alpha value is -3.28. The van der Waals surface area contributed by atoms with Crippen LogP contribution in [0.25, 0.3) is 0 Å². The highest BCUT2D eigenvalue weighted by Gasteiger charge is 2.33. The maximum Gasteiger partial charge on any atom is 0.121 e. The van der Waals surface area contributed by atoms with Crippen LogP contribution < -0.4 is 15.4 Å². The minimum atomic E-state index is -0.189. The first-order chi connectivity index (χ1) is 17.0. The predicted octanol–water partition coefficient (Wildman–Crippen LogP) is 3.76. The van der Waals surface area contributed by atoms with Gasteiger partial charge in [-0.2, -0.15) is 5.26 Å². The van der Waals surface area contributed by atoms with E-state index in [1.54, 1.807) is 18.2 Å². The highest BCUT2D eigenvalue weighted by Crippen LogP contribution is 2.38. The second-order valence-corrected chi connectivity index (χ2v) is 8.92. The lowest BCUT2D eigenvalue weighted by atomic mass is 9.97. The van der Waals surface area contributed by atoms with Gasteiger partial charge in [0.25, 0.3) is 0 Å². The van der Waals surface area contributed by atoms with Gasteiger partial charge in [0.15, 0.2) is 0 Å². The number of ether oxygens (including phenoxy) is 1. The number of nitriles is 1. The number of halogens is 1. The molecule has 0 bridgehead atoms. The van der Waals surface area contributed by atoms with Crippen LogP contribution in [-0.2, 0) is 0 Å². The molecule has 0 spiro atoms. The Morgan fingerprint density at radius 1 is 1.06 bits per heavy atom. The number of anilines is 2. The van der Waals surface area contributed by atoms with Crippen molar-refractivity contribution in [3.8, 4) is 11.8 Å². The van der Waals surface area contributed by atoms with Crippen LogP contribution in [0.4, 0.5) is 11.4 Å². The molecule has 0 amide bonds. The molecular formula is C27H29ClN4O3. The predicted molar refractivity (Wildman–Crippen MR) is 138 cm³/mol. The number of piperazine rings is 1. The van der Waals surface area contributed by atoms with Crippen molar-refractivity contribution in [2.24, 2.45) is 0 Å². The van der Waals surface area contributed by atoms with Gasteiger partial charge in [-0.25, -0.2) is 0 Å². The van der Waals surface area contributed by atoms with Gasteiger partial charge in [-0.1, -0.05) is 35.9 Å². The van der Waals surface area contributed by atoms with Gasteiger partial charge in [0, 0.05) is 30.7 Å². The van der Waals surface area contributed by atoms with Crippen molar-refractivity contribution in [2.75, 3.05) is 50.1 Å². The van der Waals surface area contributed by atoms with Crippen LogP contribution in [0.15, 0.2) is 66.7 Å². The summed E-state index contributed by atoms with van der Waals surface area (Å²) in [5.41, 5.74) is 10.6. The maximum absolute atomic E-state index is 10.3. The van der Waals surface area contributed by atoms with Crippen LogP contribution >= 0.6 is 11.6 Å². The summed E-state index contributed by atoms with van der Waals surface area (Å²) in [7, 11) is 0. The topological polar surface area (TPSA) is 106 Å². The normalized spacial score (nSPS) is 17.1. The molecule has 3 aromatic rings. The number of aliphatic hydroxyl groups is 2. The minimum Gasteiger partial charge on any atom is -0.491 e. The van der Waals surface area contributed by atoms with Crippen LogP contribution in [0.1, 0.15) is 28.8 Å². The summed E-state index contributed by atoms with van der Waals surface area (Å²) >= 11 is 6.16. The number of nitrogen functional groups attached to an aromatic ring is 1. The van der Waals surface area contributed by atoms with Gasteiger partial charge in [0.1, 0.15) is 12.4 Å². The van der Waals surface area contributed by atoms with E-state index in [1.165, 1.54) is 0 Å². The molecular weight excluding hydrogens is 464 g/mol. The number of nitrogens with two attached hydrogens (primary N) is 1. The molecule has 0 aliphatic carbocycles. The van der Waals surface area contributed by atoms with E-state index in [4.69, 9.17) is 32.4 Å². The van der Waals surface area contributed by atoms with Crippen molar-refractivity contribution < 1.29 is 14.9 Å². The molecule has 182 valence electrons. The highest BCUT2D eigenvalue weighted by molar-refractivity contribution is 6.30. The molecule has 1 aliphatic heterocycles. The van der Waals surface area contributed by atoms with Gasteiger partial charge in [-0.3, -0.25) is 4.90 Å². The van der Waals surface area contributed by atoms with E-state index in [1.807, 2.05) is 48.5 Å². The quantitative estimate of drug-likeness (QED) is 0.411. The molecule has 7 nitrogen and oxygen atoms in total. The van der Waals surface area contributed by atoms with Crippen LogP contribution in [0.5, 0.6) is 5.75 Å². The lowest BCUT2D eigenvalue weighted by molar-refractivity contribution is 0.103. The minimum absolute atomic E-state index is 0.0278. The van der Waals surface area contributed by atoms with Gasteiger partial charge in [0.05, 0.1) is 48.3 Å².